The number of hydrazine groups is 1. The monoisotopic (exact) mass is 396 g/mol. The van der Waals surface area contributed by atoms with E-state index < -0.39 is 0 Å². The summed E-state index contributed by atoms with van der Waals surface area (Å²) in [6, 6.07) is 7.21. The summed E-state index contributed by atoms with van der Waals surface area (Å²) >= 11 is 1.31. The molecule has 0 unspecified atom stereocenters. The SMILES string of the molecule is Cc1ccccc1C(=O)NNC(=O)c1sc2nc(C(C)(C)C)nc(C)c2c1C. The average Bonchev–Trinajstić information content (AvgIpc) is 2.96. The first-order chi connectivity index (χ1) is 13.1. The second kappa shape index (κ2) is 7.31. The second-order valence-electron chi connectivity index (χ2n) is 7.84. The number of carbonyl (C=O) groups excluding carboxylic acids is 2. The van der Waals surface area contributed by atoms with Gasteiger partial charge in [0.05, 0.1) is 10.6 Å². The molecular weight excluding hydrogens is 372 g/mol. The third-order valence-corrected chi connectivity index (χ3v) is 5.71. The quantitative estimate of drug-likeness (QED) is 0.642. The summed E-state index contributed by atoms with van der Waals surface area (Å²) in [5.41, 5.74) is 7.86. The molecule has 3 aromatic rings. The summed E-state index contributed by atoms with van der Waals surface area (Å²) < 4.78 is 0. The number of nitrogens with zero attached hydrogens (tertiary/aromatic N) is 2. The number of aryl methyl sites for hydroxylation is 3. The number of aromatic nitrogens is 2. The van der Waals surface area contributed by atoms with Crippen molar-refractivity contribution in [3.63, 3.8) is 0 Å². The Bertz CT molecular complexity index is 1080. The molecule has 28 heavy (non-hydrogen) atoms. The molecule has 2 N–H and O–H groups in total. The smallest absolute Gasteiger partial charge is 0.267 e. The molecule has 0 radical (unpaired) electrons. The Balaban J connectivity index is 1.86. The van der Waals surface area contributed by atoms with Crippen molar-refractivity contribution in [3.8, 4) is 0 Å². The largest absolute Gasteiger partial charge is 0.280 e. The molecule has 0 atom stereocenters. The van der Waals surface area contributed by atoms with Crippen LogP contribution in [-0.2, 0) is 5.41 Å². The van der Waals surface area contributed by atoms with Gasteiger partial charge in [0, 0.05) is 16.4 Å². The number of rotatable bonds is 2. The third kappa shape index (κ3) is 3.75. The number of fused-ring (bicyclic) bond motifs is 1. The molecule has 2 amide bonds. The molecule has 2 aromatic heterocycles. The fourth-order valence-electron chi connectivity index (χ4n) is 2.96. The first kappa shape index (κ1) is 19.9. The van der Waals surface area contributed by atoms with Gasteiger partial charge in [0.2, 0.25) is 0 Å². The zero-order chi connectivity index (χ0) is 20.6. The maximum absolute atomic E-state index is 12.7. The maximum Gasteiger partial charge on any atom is 0.280 e. The van der Waals surface area contributed by atoms with E-state index in [1.807, 2.05) is 32.9 Å². The predicted molar refractivity (Wildman–Crippen MR) is 112 cm³/mol. The lowest BCUT2D eigenvalue weighted by Crippen LogP contribution is -2.41. The number of benzene rings is 1. The number of nitrogens with one attached hydrogen (secondary N) is 2. The van der Waals surface area contributed by atoms with E-state index in [-0.39, 0.29) is 17.2 Å². The molecule has 0 saturated carbocycles. The zero-order valence-electron chi connectivity index (χ0n) is 16.9. The minimum atomic E-state index is -0.362. The minimum absolute atomic E-state index is 0.180. The Morgan fingerprint density at radius 3 is 2.25 bits per heavy atom. The van der Waals surface area contributed by atoms with Crippen molar-refractivity contribution in [2.45, 2.75) is 47.0 Å². The van der Waals surface area contributed by atoms with Gasteiger partial charge in [-0.25, -0.2) is 9.97 Å². The van der Waals surface area contributed by atoms with Crippen molar-refractivity contribution in [2.75, 3.05) is 0 Å². The molecule has 0 saturated heterocycles. The Hall–Kier alpha value is -2.80. The molecule has 0 fully saturated rings. The third-order valence-electron chi connectivity index (χ3n) is 4.53. The number of carbonyl (C=O) groups is 2. The molecule has 0 aliphatic rings. The van der Waals surface area contributed by atoms with E-state index in [2.05, 4.69) is 41.6 Å². The van der Waals surface area contributed by atoms with Crippen molar-refractivity contribution in [2.24, 2.45) is 0 Å². The standard InChI is InChI=1S/C21H24N4O2S/c1-11-9-7-8-10-14(11)17(26)24-25-18(27)16-12(2)15-13(3)22-20(21(4,5)6)23-19(15)28-16/h7-10H,1-6H3,(H,24,26)(H,25,27). The Kier molecular flexibility index (Phi) is 5.21. The fraction of sp³-hybridized carbons (Fsp3) is 0.333. The molecule has 7 heteroatoms. The highest BCUT2D eigenvalue weighted by Crippen LogP contribution is 2.33. The molecule has 146 valence electrons. The fourth-order valence-corrected chi connectivity index (χ4v) is 4.08. The zero-order valence-corrected chi connectivity index (χ0v) is 17.7. The molecule has 3 rings (SSSR count). The molecule has 0 spiro atoms. The van der Waals surface area contributed by atoms with Crippen LogP contribution in [0.4, 0.5) is 0 Å². The van der Waals surface area contributed by atoms with Crippen molar-refractivity contribution in [1.29, 1.82) is 0 Å². The predicted octanol–water partition coefficient (Wildman–Crippen LogP) is 3.99. The summed E-state index contributed by atoms with van der Waals surface area (Å²) in [6.45, 7) is 11.8. The summed E-state index contributed by atoms with van der Waals surface area (Å²) in [4.78, 5) is 35.6. The number of thiophene rings is 1. The van der Waals surface area contributed by atoms with Gasteiger partial charge >= 0.3 is 0 Å². The minimum Gasteiger partial charge on any atom is -0.267 e. The number of amides is 2. The van der Waals surface area contributed by atoms with Gasteiger partial charge < -0.3 is 0 Å². The number of hydrogen-bond donors (Lipinski definition) is 2. The van der Waals surface area contributed by atoms with Crippen LogP contribution >= 0.6 is 11.3 Å². The van der Waals surface area contributed by atoms with Crippen molar-refractivity contribution in [1.82, 2.24) is 20.8 Å². The van der Waals surface area contributed by atoms with Crippen LogP contribution in [0.2, 0.25) is 0 Å². The topological polar surface area (TPSA) is 84.0 Å². The Morgan fingerprint density at radius 2 is 1.61 bits per heavy atom. The lowest BCUT2D eigenvalue weighted by Gasteiger charge is -2.16. The van der Waals surface area contributed by atoms with Crippen LogP contribution in [-0.4, -0.2) is 21.8 Å². The normalized spacial score (nSPS) is 11.5. The van der Waals surface area contributed by atoms with E-state index in [1.165, 1.54) is 11.3 Å². The van der Waals surface area contributed by atoms with E-state index in [9.17, 15) is 9.59 Å². The highest BCUT2D eigenvalue weighted by Gasteiger charge is 2.23. The van der Waals surface area contributed by atoms with E-state index in [0.29, 0.717) is 10.4 Å². The lowest BCUT2D eigenvalue weighted by molar-refractivity contribution is 0.0848. The van der Waals surface area contributed by atoms with Gasteiger partial charge in [-0.15, -0.1) is 11.3 Å². The van der Waals surface area contributed by atoms with E-state index in [4.69, 9.17) is 0 Å². The summed E-state index contributed by atoms with van der Waals surface area (Å²) in [7, 11) is 0. The van der Waals surface area contributed by atoms with Gasteiger partial charge in [0.25, 0.3) is 11.8 Å². The number of hydrogen-bond acceptors (Lipinski definition) is 5. The van der Waals surface area contributed by atoms with Crippen molar-refractivity contribution >= 4 is 33.4 Å². The summed E-state index contributed by atoms with van der Waals surface area (Å²) in [6.07, 6.45) is 0. The molecule has 2 heterocycles. The van der Waals surface area contributed by atoms with Gasteiger partial charge in [-0.1, -0.05) is 39.0 Å². The molecule has 0 aliphatic carbocycles. The van der Waals surface area contributed by atoms with Crippen LogP contribution in [0.3, 0.4) is 0 Å². The lowest BCUT2D eigenvalue weighted by atomic mass is 9.95. The molecule has 6 nitrogen and oxygen atoms in total. The van der Waals surface area contributed by atoms with Crippen LogP contribution in [0.25, 0.3) is 10.2 Å². The van der Waals surface area contributed by atoms with Crippen LogP contribution in [0, 0.1) is 20.8 Å². The van der Waals surface area contributed by atoms with E-state index >= 15 is 0 Å². The maximum atomic E-state index is 12.7. The molecule has 1 aromatic carbocycles. The first-order valence-electron chi connectivity index (χ1n) is 9.04. The molecular formula is C21H24N4O2S. The van der Waals surface area contributed by atoms with Crippen LogP contribution in [0.5, 0.6) is 0 Å². The van der Waals surface area contributed by atoms with Gasteiger partial charge in [0.15, 0.2) is 0 Å². The van der Waals surface area contributed by atoms with Gasteiger partial charge in [-0.05, 0) is 38.0 Å². The van der Waals surface area contributed by atoms with Crippen LogP contribution in [0.1, 0.15) is 63.4 Å². The first-order valence-corrected chi connectivity index (χ1v) is 9.85. The highest BCUT2D eigenvalue weighted by atomic mass is 32.1. The van der Waals surface area contributed by atoms with Gasteiger partial charge in [-0.2, -0.15) is 0 Å². The van der Waals surface area contributed by atoms with Crippen LogP contribution < -0.4 is 10.9 Å². The van der Waals surface area contributed by atoms with E-state index in [1.54, 1.807) is 12.1 Å². The van der Waals surface area contributed by atoms with Crippen LogP contribution in [0.15, 0.2) is 24.3 Å². The van der Waals surface area contributed by atoms with Crippen molar-refractivity contribution < 1.29 is 9.59 Å². The molecule has 0 bridgehead atoms. The summed E-state index contributed by atoms with van der Waals surface area (Å²) in [5.74, 6) is 0.0360. The van der Waals surface area contributed by atoms with Gasteiger partial charge in [0.1, 0.15) is 10.7 Å². The highest BCUT2D eigenvalue weighted by molar-refractivity contribution is 7.20. The Labute approximate surface area is 168 Å². The molecule has 0 aliphatic heterocycles. The average molecular weight is 397 g/mol. The van der Waals surface area contributed by atoms with Crippen molar-refractivity contribution in [3.05, 3.63) is 57.4 Å². The second-order valence-corrected chi connectivity index (χ2v) is 8.84. The van der Waals surface area contributed by atoms with Gasteiger partial charge in [-0.3, -0.25) is 20.4 Å². The summed E-state index contributed by atoms with van der Waals surface area (Å²) in [5, 5.41) is 0.897. The Morgan fingerprint density at radius 1 is 0.964 bits per heavy atom. The van der Waals surface area contributed by atoms with E-state index in [0.717, 1.165) is 32.9 Å².